The van der Waals surface area contributed by atoms with E-state index in [-0.39, 0.29) is 18.1 Å². The molecule has 166 valence electrons. The number of rotatable bonds is 7. The number of carbonyl (C=O) groups excluding carboxylic acids is 1. The number of hydrogen-bond donors (Lipinski definition) is 2. The fourth-order valence-electron chi connectivity index (χ4n) is 4.05. The second kappa shape index (κ2) is 10.4. The third kappa shape index (κ3) is 6.05. The van der Waals surface area contributed by atoms with E-state index in [4.69, 9.17) is 39.5 Å². The summed E-state index contributed by atoms with van der Waals surface area (Å²) in [6.07, 6.45) is 3.04. The van der Waals surface area contributed by atoms with Gasteiger partial charge >= 0.3 is 0 Å². The van der Waals surface area contributed by atoms with E-state index in [1.54, 1.807) is 18.2 Å². The minimum Gasteiger partial charge on any atom is -0.487 e. The predicted octanol–water partition coefficient (Wildman–Crippen LogP) is 4.43. The molecule has 0 bridgehead atoms. The lowest BCUT2D eigenvalue weighted by Crippen LogP contribution is -2.37. The molecule has 5 nitrogen and oxygen atoms in total. The maximum atomic E-state index is 12.5. The largest absolute Gasteiger partial charge is 0.487 e. The third-order valence-electron chi connectivity index (χ3n) is 5.81. The smallest absolute Gasteiger partial charge is 0.251 e. The van der Waals surface area contributed by atoms with Crippen molar-refractivity contribution in [2.45, 2.75) is 31.4 Å². The van der Waals surface area contributed by atoms with E-state index >= 15 is 0 Å². The maximum Gasteiger partial charge on any atom is 0.251 e. The van der Waals surface area contributed by atoms with E-state index in [1.165, 1.54) is 5.56 Å². The second-order valence-corrected chi connectivity index (χ2v) is 9.36. The van der Waals surface area contributed by atoms with Crippen LogP contribution < -0.4 is 15.4 Å². The lowest BCUT2D eigenvalue weighted by atomic mass is 10.1. The van der Waals surface area contributed by atoms with Gasteiger partial charge in [-0.05, 0) is 61.7 Å². The van der Waals surface area contributed by atoms with Crippen LogP contribution in [-0.2, 0) is 6.42 Å². The summed E-state index contributed by atoms with van der Waals surface area (Å²) in [4.78, 5) is 14.8. The highest BCUT2D eigenvalue weighted by Crippen LogP contribution is 2.28. The van der Waals surface area contributed by atoms with Crippen LogP contribution in [0.2, 0.25) is 15.1 Å². The molecule has 2 atom stereocenters. The van der Waals surface area contributed by atoms with Crippen LogP contribution in [0.15, 0.2) is 36.4 Å². The molecule has 8 heteroatoms. The van der Waals surface area contributed by atoms with Crippen LogP contribution in [0, 0.1) is 0 Å². The molecule has 0 saturated carbocycles. The van der Waals surface area contributed by atoms with Crippen molar-refractivity contribution < 1.29 is 9.53 Å². The molecular weight excluding hydrogens is 457 g/mol. The van der Waals surface area contributed by atoms with Gasteiger partial charge in [0.25, 0.3) is 5.91 Å². The summed E-state index contributed by atoms with van der Waals surface area (Å²) < 4.78 is 5.98. The summed E-state index contributed by atoms with van der Waals surface area (Å²) in [7, 11) is 0. The molecule has 31 heavy (non-hydrogen) atoms. The summed E-state index contributed by atoms with van der Waals surface area (Å²) >= 11 is 18.4. The van der Waals surface area contributed by atoms with E-state index in [0.717, 1.165) is 57.7 Å². The normalized spacial score (nSPS) is 21.4. The Kier molecular flexibility index (Phi) is 7.62. The van der Waals surface area contributed by atoms with Gasteiger partial charge in [0.05, 0.1) is 15.1 Å². The lowest BCUT2D eigenvalue weighted by molar-refractivity contribution is 0.0938. The van der Waals surface area contributed by atoms with E-state index in [1.807, 2.05) is 12.1 Å². The van der Waals surface area contributed by atoms with Crippen LogP contribution in [0.1, 0.15) is 28.8 Å². The molecule has 2 aromatic rings. The van der Waals surface area contributed by atoms with Gasteiger partial charge < -0.3 is 20.3 Å². The van der Waals surface area contributed by atoms with E-state index in [9.17, 15) is 4.79 Å². The number of nitrogens with zero attached hydrogens (tertiary/aromatic N) is 1. The first-order valence-corrected chi connectivity index (χ1v) is 11.8. The van der Waals surface area contributed by atoms with Gasteiger partial charge in [0.15, 0.2) is 0 Å². The van der Waals surface area contributed by atoms with Crippen LogP contribution in [0.3, 0.4) is 0 Å². The van der Waals surface area contributed by atoms with Gasteiger partial charge in [0.1, 0.15) is 11.9 Å². The zero-order chi connectivity index (χ0) is 21.8. The molecule has 2 aliphatic rings. The van der Waals surface area contributed by atoms with Crippen molar-refractivity contribution in [3.8, 4) is 5.75 Å². The monoisotopic (exact) mass is 481 g/mol. The van der Waals surface area contributed by atoms with Gasteiger partial charge in [-0.2, -0.15) is 0 Å². The Morgan fingerprint density at radius 2 is 1.97 bits per heavy atom. The molecule has 0 aromatic heterocycles. The molecule has 1 amide bonds. The molecule has 2 fully saturated rings. The van der Waals surface area contributed by atoms with Crippen molar-refractivity contribution in [2.75, 3.05) is 32.7 Å². The quantitative estimate of drug-likeness (QED) is 0.613. The Labute approximate surface area is 198 Å². The molecule has 0 spiro atoms. The number of nitrogens with one attached hydrogen (secondary N) is 2. The Hall–Kier alpha value is -1.50. The van der Waals surface area contributed by atoms with Crippen molar-refractivity contribution >= 4 is 40.7 Å². The first-order valence-electron chi connectivity index (χ1n) is 10.6. The number of likely N-dealkylation sites (tertiary alicyclic amines) is 1. The molecule has 2 N–H and O–H groups in total. The molecule has 4 rings (SSSR count). The molecule has 2 saturated heterocycles. The fourth-order valence-corrected chi connectivity index (χ4v) is 4.60. The standard InChI is InChI=1S/C23H26Cl3N3O2/c24-19-3-2-16(12-20(19)25)23(30)28-17-7-10-29(14-17)9-6-15-1-4-22(21(26)11-15)31-18-5-8-27-13-18/h1-4,11-12,17-18,27H,5-10,13-14H2,(H,28,30)/t17-,18+/m0/s1. The second-order valence-electron chi connectivity index (χ2n) is 8.14. The number of hydrogen-bond acceptors (Lipinski definition) is 4. The Balaban J connectivity index is 1.24. The number of carbonyl (C=O) groups is 1. The molecule has 2 aromatic carbocycles. The van der Waals surface area contributed by atoms with Gasteiger partial charge in [-0.3, -0.25) is 4.79 Å². The summed E-state index contributed by atoms with van der Waals surface area (Å²) in [6.45, 7) is 4.57. The van der Waals surface area contributed by atoms with Gasteiger partial charge in [0.2, 0.25) is 0 Å². The molecular formula is C23H26Cl3N3O2. The highest BCUT2D eigenvalue weighted by Gasteiger charge is 2.24. The summed E-state index contributed by atoms with van der Waals surface area (Å²) in [5.41, 5.74) is 1.71. The minimum absolute atomic E-state index is 0.120. The van der Waals surface area contributed by atoms with Crippen LogP contribution >= 0.6 is 34.8 Å². The topological polar surface area (TPSA) is 53.6 Å². The molecule has 0 aliphatic carbocycles. The Morgan fingerprint density at radius 3 is 2.71 bits per heavy atom. The molecule has 2 aliphatic heterocycles. The first kappa shape index (κ1) is 22.7. The first-order chi connectivity index (χ1) is 15.0. The summed E-state index contributed by atoms with van der Waals surface area (Å²) in [6, 6.07) is 11.1. The highest BCUT2D eigenvalue weighted by atomic mass is 35.5. The van der Waals surface area contributed by atoms with E-state index in [2.05, 4.69) is 21.6 Å². The lowest BCUT2D eigenvalue weighted by Gasteiger charge is -2.18. The van der Waals surface area contributed by atoms with Gasteiger partial charge in [-0.25, -0.2) is 0 Å². The highest BCUT2D eigenvalue weighted by molar-refractivity contribution is 6.42. The Morgan fingerprint density at radius 1 is 1.10 bits per heavy atom. The number of amides is 1. The van der Waals surface area contributed by atoms with Crippen molar-refractivity contribution in [3.63, 3.8) is 0 Å². The minimum atomic E-state index is -0.120. The van der Waals surface area contributed by atoms with Crippen LogP contribution in [0.25, 0.3) is 0 Å². The van der Waals surface area contributed by atoms with Crippen LogP contribution in [-0.4, -0.2) is 55.7 Å². The third-order valence-corrected chi connectivity index (χ3v) is 6.85. The van der Waals surface area contributed by atoms with Crippen molar-refractivity contribution in [2.24, 2.45) is 0 Å². The predicted molar refractivity (Wildman–Crippen MR) is 126 cm³/mol. The van der Waals surface area contributed by atoms with Crippen molar-refractivity contribution in [1.29, 1.82) is 0 Å². The van der Waals surface area contributed by atoms with Crippen molar-refractivity contribution in [1.82, 2.24) is 15.5 Å². The average Bonchev–Trinajstić information content (AvgIpc) is 3.42. The Bertz CT molecular complexity index is 934. The SMILES string of the molecule is O=C(N[C@H]1CCN(CCc2ccc(O[C@@H]3CCNC3)c(Cl)c2)C1)c1ccc(Cl)c(Cl)c1. The molecule has 0 unspecified atom stereocenters. The maximum absolute atomic E-state index is 12.5. The van der Waals surface area contributed by atoms with Gasteiger partial charge in [-0.1, -0.05) is 40.9 Å². The van der Waals surface area contributed by atoms with Crippen LogP contribution in [0.4, 0.5) is 0 Å². The summed E-state index contributed by atoms with van der Waals surface area (Å²) in [5, 5.41) is 7.88. The average molecular weight is 483 g/mol. The molecule has 0 radical (unpaired) electrons. The zero-order valence-corrected chi connectivity index (χ0v) is 19.4. The summed E-state index contributed by atoms with van der Waals surface area (Å²) in [5.74, 6) is 0.635. The fraction of sp³-hybridized carbons (Fsp3) is 0.435. The van der Waals surface area contributed by atoms with E-state index in [0.29, 0.717) is 20.6 Å². The van der Waals surface area contributed by atoms with Crippen LogP contribution in [0.5, 0.6) is 5.75 Å². The number of ether oxygens (including phenoxy) is 1. The van der Waals surface area contributed by atoms with Gasteiger partial charge in [0, 0.05) is 37.8 Å². The number of benzene rings is 2. The van der Waals surface area contributed by atoms with E-state index < -0.39 is 0 Å². The van der Waals surface area contributed by atoms with Crippen molar-refractivity contribution in [3.05, 3.63) is 62.6 Å². The zero-order valence-electron chi connectivity index (χ0n) is 17.2. The number of halogens is 3. The molecule has 2 heterocycles. The van der Waals surface area contributed by atoms with Gasteiger partial charge in [-0.15, -0.1) is 0 Å².